The molecule has 2 aromatic carbocycles. The van der Waals surface area contributed by atoms with E-state index in [9.17, 15) is 0 Å². The highest BCUT2D eigenvalue weighted by molar-refractivity contribution is 8.05. The summed E-state index contributed by atoms with van der Waals surface area (Å²) in [5.41, 5.74) is 0. The van der Waals surface area contributed by atoms with Gasteiger partial charge in [0.05, 0.1) is 0 Å². The third-order valence-corrected chi connectivity index (χ3v) is 3.76. The Bertz CT molecular complexity index is 391. The zero-order chi connectivity index (χ0) is 11.1. The van der Waals surface area contributed by atoms with Crippen molar-refractivity contribution in [3.05, 3.63) is 71.5 Å². The van der Waals surface area contributed by atoms with E-state index in [4.69, 9.17) is 0 Å². The maximum absolute atomic E-state index is 2.12. The first kappa shape index (κ1) is 11.4. The Morgan fingerprint density at radius 2 is 0.938 bits per heavy atom. The van der Waals surface area contributed by atoms with Gasteiger partial charge in [0.1, 0.15) is 0 Å². The molecule has 2 heteroatoms. The van der Waals surface area contributed by atoms with E-state index in [-0.39, 0.29) is 0 Å². The molecule has 0 aliphatic heterocycles. The molecule has 16 heavy (non-hydrogen) atoms. The van der Waals surface area contributed by atoms with Crippen LogP contribution in [0.1, 0.15) is 0 Å². The highest BCUT2D eigenvalue weighted by Gasteiger charge is 1.88. The quantitative estimate of drug-likeness (QED) is 0.691. The van der Waals surface area contributed by atoms with Crippen LogP contribution in [0, 0.1) is 0 Å². The molecule has 0 N–H and O–H groups in total. The lowest BCUT2D eigenvalue weighted by Crippen LogP contribution is -1.65. The third-order valence-electron chi connectivity index (χ3n) is 1.95. The molecule has 0 spiro atoms. The summed E-state index contributed by atoms with van der Waals surface area (Å²) in [6.07, 6.45) is 0. The molecule has 0 saturated carbocycles. The van der Waals surface area contributed by atoms with Gasteiger partial charge >= 0.3 is 0 Å². The van der Waals surface area contributed by atoms with Crippen LogP contribution in [0.25, 0.3) is 0 Å². The minimum absolute atomic E-state index is 1.27. The van der Waals surface area contributed by atoms with Crippen LogP contribution in [0.15, 0.2) is 81.3 Å². The highest BCUT2D eigenvalue weighted by atomic mass is 32.2. The average Bonchev–Trinajstić information content (AvgIpc) is 2.37. The van der Waals surface area contributed by atoms with Crippen molar-refractivity contribution in [1.29, 1.82) is 0 Å². The van der Waals surface area contributed by atoms with Crippen LogP contribution in [0.2, 0.25) is 0 Å². The van der Waals surface area contributed by atoms with Crippen molar-refractivity contribution in [2.75, 3.05) is 0 Å². The van der Waals surface area contributed by atoms with E-state index in [1.54, 1.807) is 23.5 Å². The first-order chi connectivity index (χ1) is 7.95. The first-order valence-corrected chi connectivity index (χ1v) is 6.79. The molecule has 80 valence electrons. The number of hydrogen-bond acceptors (Lipinski definition) is 2. The summed E-state index contributed by atoms with van der Waals surface area (Å²) in [4.78, 5) is 2.54. The summed E-state index contributed by atoms with van der Waals surface area (Å²) in [7, 11) is 0. The summed E-state index contributed by atoms with van der Waals surface area (Å²) >= 11 is 3.48. The zero-order valence-electron chi connectivity index (χ0n) is 8.74. The molecule has 0 aromatic heterocycles. The fraction of sp³-hybridized carbons (Fsp3) is 0. The van der Waals surface area contributed by atoms with Gasteiger partial charge in [0.2, 0.25) is 0 Å². The molecular formula is C14H12S2. The van der Waals surface area contributed by atoms with Crippen LogP contribution < -0.4 is 0 Å². The summed E-state index contributed by atoms with van der Waals surface area (Å²) in [6.45, 7) is 0. The van der Waals surface area contributed by atoms with Gasteiger partial charge in [-0.2, -0.15) is 0 Å². The van der Waals surface area contributed by atoms with E-state index in [2.05, 4.69) is 59.3 Å². The molecule has 0 saturated heterocycles. The monoisotopic (exact) mass is 244 g/mol. The molecule has 0 unspecified atom stereocenters. The first-order valence-electron chi connectivity index (χ1n) is 5.03. The Morgan fingerprint density at radius 3 is 1.31 bits per heavy atom. The molecule has 0 nitrogen and oxygen atoms in total. The van der Waals surface area contributed by atoms with Gasteiger partial charge in [-0.3, -0.25) is 0 Å². The van der Waals surface area contributed by atoms with Gasteiger partial charge < -0.3 is 0 Å². The van der Waals surface area contributed by atoms with Crippen LogP contribution in [0.3, 0.4) is 0 Å². The molecule has 0 aliphatic rings. The predicted molar refractivity (Wildman–Crippen MR) is 73.7 cm³/mol. The largest absolute Gasteiger partial charge is 0.0975 e. The van der Waals surface area contributed by atoms with Crippen LogP contribution in [0.4, 0.5) is 0 Å². The molecule has 0 radical (unpaired) electrons. The fourth-order valence-corrected chi connectivity index (χ4v) is 2.60. The van der Waals surface area contributed by atoms with Gasteiger partial charge in [-0.1, -0.05) is 59.9 Å². The lowest BCUT2D eigenvalue weighted by molar-refractivity contribution is 1.47. The summed E-state index contributed by atoms with van der Waals surface area (Å²) in [6, 6.07) is 20.7. The van der Waals surface area contributed by atoms with Crippen LogP contribution in [-0.4, -0.2) is 0 Å². The lowest BCUT2D eigenvalue weighted by atomic mass is 10.4. The van der Waals surface area contributed by atoms with Gasteiger partial charge in [-0.05, 0) is 35.1 Å². The second-order valence-electron chi connectivity index (χ2n) is 3.13. The molecule has 2 aromatic rings. The highest BCUT2D eigenvalue weighted by Crippen LogP contribution is 2.23. The number of hydrogen-bond donors (Lipinski definition) is 0. The molecule has 2 rings (SSSR count). The van der Waals surface area contributed by atoms with Crippen molar-refractivity contribution in [1.82, 2.24) is 0 Å². The Balaban J connectivity index is 1.83. The van der Waals surface area contributed by atoms with E-state index >= 15 is 0 Å². The fourth-order valence-electron chi connectivity index (χ4n) is 1.21. The van der Waals surface area contributed by atoms with Crippen LogP contribution >= 0.6 is 23.5 Å². The maximum Gasteiger partial charge on any atom is 0.0116 e. The second kappa shape index (κ2) is 6.46. The Morgan fingerprint density at radius 1 is 0.562 bits per heavy atom. The lowest BCUT2D eigenvalue weighted by Gasteiger charge is -1.95. The smallest absolute Gasteiger partial charge is 0.0116 e. The summed E-state index contributed by atoms with van der Waals surface area (Å²) in [5, 5.41) is 4.24. The number of rotatable bonds is 4. The number of benzene rings is 2. The third kappa shape index (κ3) is 3.80. The topological polar surface area (TPSA) is 0 Å². The van der Waals surface area contributed by atoms with Gasteiger partial charge in [0.25, 0.3) is 0 Å². The second-order valence-corrected chi connectivity index (χ2v) is 5.09. The van der Waals surface area contributed by atoms with E-state index in [0.717, 1.165) is 0 Å². The van der Waals surface area contributed by atoms with E-state index in [0.29, 0.717) is 0 Å². The van der Waals surface area contributed by atoms with E-state index < -0.39 is 0 Å². The van der Waals surface area contributed by atoms with Crippen LogP contribution in [-0.2, 0) is 0 Å². The average molecular weight is 244 g/mol. The minimum atomic E-state index is 1.27. The standard InChI is InChI=1S/C14H12S2/c1-3-7-13(8-4-1)15-11-12-16-14-9-5-2-6-10-14/h1-12H/b12-11-. The predicted octanol–water partition coefficient (Wildman–Crippen LogP) is 5.04. The molecule has 0 fully saturated rings. The SMILES string of the molecule is C(=C/Sc1ccccc1)/Sc1ccccc1. The number of thioether (sulfide) groups is 2. The summed E-state index contributed by atoms with van der Waals surface area (Å²) < 4.78 is 0. The molecular weight excluding hydrogens is 232 g/mol. The van der Waals surface area contributed by atoms with Crippen LogP contribution in [0.5, 0.6) is 0 Å². The van der Waals surface area contributed by atoms with Crippen molar-refractivity contribution >= 4 is 23.5 Å². The van der Waals surface area contributed by atoms with E-state index in [1.165, 1.54) is 9.79 Å². The minimum Gasteiger partial charge on any atom is -0.0975 e. The molecule has 0 amide bonds. The maximum atomic E-state index is 2.12. The van der Waals surface area contributed by atoms with Gasteiger partial charge in [0.15, 0.2) is 0 Å². The Kier molecular flexibility index (Phi) is 4.59. The van der Waals surface area contributed by atoms with Gasteiger partial charge in [-0.15, -0.1) is 0 Å². The molecule has 0 bridgehead atoms. The summed E-state index contributed by atoms with van der Waals surface area (Å²) in [5.74, 6) is 0. The van der Waals surface area contributed by atoms with E-state index in [1.807, 2.05) is 12.1 Å². The molecule has 0 heterocycles. The van der Waals surface area contributed by atoms with Crippen molar-refractivity contribution in [3.8, 4) is 0 Å². The van der Waals surface area contributed by atoms with Crippen molar-refractivity contribution in [2.45, 2.75) is 9.79 Å². The van der Waals surface area contributed by atoms with Crippen molar-refractivity contribution in [3.63, 3.8) is 0 Å². The van der Waals surface area contributed by atoms with Crippen molar-refractivity contribution < 1.29 is 0 Å². The molecule has 0 atom stereocenters. The zero-order valence-corrected chi connectivity index (χ0v) is 10.4. The van der Waals surface area contributed by atoms with Gasteiger partial charge in [0, 0.05) is 9.79 Å². The normalized spacial score (nSPS) is 10.8. The van der Waals surface area contributed by atoms with Gasteiger partial charge in [-0.25, -0.2) is 0 Å². The Hall–Kier alpha value is -1.12. The molecule has 0 aliphatic carbocycles. The van der Waals surface area contributed by atoms with Crippen molar-refractivity contribution in [2.24, 2.45) is 0 Å². The Labute approximate surface area is 105 Å².